The fraction of sp³-hybridized carbons (Fsp3) is 0.923. The summed E-state index contributed by atoms with van der Waals surface area (Å²) < 4.78 is 0. The highest BCUT2D eigenvalue weighted by Crippen LogP contribution is 2.27. The smallest absolute Gasteiger partial charge is 0.234 e. The second-order valence-electron chi connectivity index (χ2n) is 11.0. The summed E-state index contributed by atoms with van der Waals surface area (Å²) in [5.74, 6) is 1.90. The number of amides is 2. The number of likely N-dealkylation sites (N-methyl/N-ethyl adjacent to an activating group) is 1. The molecule has 7 heteroatoms. The van der Waals surface area contributed by atoms with Crippen LogP contribution in [0, 0.1) is 11.8 Å². The van der Waals surface area contributed by atoms with Crippen LogP contribution in [0.3, 0.4) is 0 Å². The zero-order valence-corrected chi connectivity index (χ0v) is 21.6. The lowest BCUT2D eigenvalue weighted by atomic mass is 9.86. The monoisotopic (exact) mass is 463 g/mol. The van der Waals surface area contributed by atoms with Gasteiger partial charge in [-0.3, -0.25) is 19.4 Å². The Kier molecular flexibility index (Phi) is 10.9. The number of rotatable bonds is 10. The summed E-state index contributed by atoms with van der Waals surface area (Å²) in [4.78, 5) is 34.2. The predicted octanol–water partition coefficient (Wildman–Crippen LogP) is 2.27. The molecule has 7 nitrogen and oxygen atoms in total. The maximum atomic E-state index is 12.7. The minimum absolute atomic E-state index is 0.152. The second kappa shape index (κ2) is 13.6. The van der Waals surface area contributed by atoms with E-state index in [0.717, 1.165) is 65.3 Å². The van der Waals surface area contributed by atoms with Crippen LogP contribution in [-0.4, -0.2) is 110 Å². The number of nitrogens with one attached hydrogen (secondary N) is 1. The quantitative estimate of drug-likeness (QED) is 0.539. The van der Waals surface area contributed by atoms with Crippen LogP contribution in [0.1, 0.15) is 65.2 Å². The number of piperazine rings is 1. The zero-order valence-electron chi connectivity index (χ0n) is 21.6. The van der Waals surface area contributed by atoms with Crippen LogP contribution in [0.2, 0.25) is 0 Å². The molecule has 0 aromatic carbocycles. The Morgan fingerprint density at radius 1 is 0.879 bits per heavy atom. The molecule has 0 unspecified atom stereocenters. The van der Waals surface area contributed by atoms with E-state index in [9.17, 15) is 9.59 Å². The average Bonchev–Trinajstić information content (AvgIpc) is 2.81. The first-order valence-corrected chi connectivity index (χ1v) is 13.6. The largest absolute Gasteiger partial charge is 0.354 e. The van der Waals surface area contributed by atoms with E-state index >= 15 is 0 Å². The third-order valence-corrected chi connectivity index (χ3v) is 8.17. The van der Waals surface area contributed by atoms with Gasteiger partial charge in [0, 0.05) is 58.3 Å². The highest BCUT2D eigenvalue weighted by Gasteiger charge is 2.27. The summed E-state index contributed by atoms with van der Waals surface area (Å²) >= 11 is 0. The van der Waals surface area contributed by atoms with E-state index in [4.69, 9.17) is 0 Å². The average molecular weight is 464 g/mol. The van der Waals surface area contributed by atoms with Crippen LogP contribution >= 0.6 is 0 Å². The normalized spacial score (nSPS) is 22.3. The lowest BCUT2D eigenvalue weighted by Crippen LogP contribution is -2.51. The third-order valence-electron chi connectivity index (χ3n) is 8.17. The zero-order chi connectivity index (χ0) is 23.6. The van der Waals surface area contributed by atoms with Crippen molar-refractivity contribution in [3.8, 4) is 0 Å². The number of likely N-dealkylation sites (tertiary alicyclic amines) is 1. The molecule has 2 amide bonds. The lowest BCUT2D eigenvalue weighted by Gasteiger charge is -2.39. The van der Waals surface area contributed by atoms with E-state index in [0.29, 0.717) is 30.3 Å². The summed E-state index contributed by atoms with van der Waals surface area (Å²) in [6.45, 7) is 13.5. The number of nitrogens with zero attached hydrogens (tertiary/aromatic N) is 4. The topological polar surface area (TPSA) is 59.1 Å². The van der Waals surface area contributed by atoms with Gasteiger partial charge >= 0.3 is 0 Å². The summed E-state index contributed by atoms with van der Waals surface area (Å²) in [7, 11) is 2.09. The molecule has 0 atom stereocenters. The minimum atomic E-state index is 0.152. The van der Waals surface area contributed by atoms with Crippen molar-refractivity contribution in [2.45, 2.75) is 71.3 Å². The summed E-state index contributed by atoms with van der Waals surface area (Å²) in [6.07, 6.45) is 9.60. The van der Waals surface area contributed by atoms with Gasteiger partial charge in [0.25, 0.3) is 0 Å². The second-order valence-corrected chi connectivity index (χ2v) is 11.0. The first kappa shape index (κ1) is 26.4. The Morgan fingerprint density at radius 3 is 2.18 bits per heavy atom. The molecule has 1 aliphatic carbocycles. The number of carbonyl (C=O) groups is 2. The van der Waals surface area contributed by atoms with Gasteiger partial charge in [0.1, 0.15) is 0 Å². The van der Waals surface area contributed by atoms with Gasteiger partial charge < -0.3 is 15.1 Å². The molecule has 0 aromatic rings. The molecular formula is C26H49N5O2. The molecule has 3 aliphatic rings. The van der Waals surface area contributed by atoms with Crippen LogP contribution in [0.5, 0.6) is 0 Å². The van der Waals surface area contributed by atoms with Crippen molar-refractivity contribution in [3.05, 3.63) is 0 Å². The van der Waals surface area contributed by atoms with Crippen LogP contribution in [0.25, 0.3) is 0 Å². The van der Waals surface area contributed by atoms with E-state index in [1.807, 2.05) is 0 Å². The highest BCUT2D eigenvalue weighted by molar-refractivity contribution is 5.78. The van der Waals surface area contributed by atoms with Crippen LogP contribution in [-0.2, 0) is 9.59 Å². The van der Waals surface area contributed by atoms with Crippen molar-refractivity contribution in [2.75, 3.05) is 72.5 Å². The molecule has 1 saturated carbocycles. The number of carbonyl (C=O) groups excluding carboxylic acids is 2. The molecule has 2 saturated heterocycles. The fourth-order valence-corrected chi connectivity index (χ4v) is 5.53. The lowest BCUT2D eigenvalue weighted by molar-refractivity contribution is -0.134. The Labute approximate surface area is 202 Å². The molecule has 33 heavy (non-hydrogen) atoms. The Balaban J connectivity index is 1.25. The summed E-state index contributed by atoms with van der Waals surface area (Å²) in [5.41, 5.74) is 0. The SMILES string of the molecule is CC(C)N(C)CCNC(=O)CN1CCC(CN2CCN(C(=O)CC3CCCCC3)CC2)CC1. The van der Waals surface area contributed by atoms with E-state index in [1.54, 1.807) is 0 Å². The van der Waals surface area contributed by atoms with Crippen molar-refractivity contribution in [2.24, 2.45) is 11.8 Å². The van der Waals surface area contributed by atoms with Gasteiger partial charge in [0.2, 0.25) is 11.8 Å². The van der Waals surface area contributed by atoms with Crippen molar-refractivity contribution in [3.63, 3.8) is 0 Å². The molecule has 2 heterocycles. The molecular weight excluding hydrogens is 414 g/mol. The van der Waals surface area contributed by atoms with E-state index in [1.165, 1.54) is 44.9 Å². The molecule has 0 radical (unpaired) electrons. The molecule has 1 N–H and O–H groups in total. The Hall–Kier alpha value is -1.18. The van der Waals surface area contributed by atoms with Gasteiger partial charge in [0.05, 0.1) is 6.54 Å². The van der Waals surface area contributed by atoms with Crippen molar-refractivity contribution < 1.29 is 9.59 Å². The summed E-state index contributed by atoms with van der Waals surface area (Å²) in [5, 5.41) is 3.07. The first-order chi connectivity index (χ1) is 15.9. The number of hydrogen-bond donors (Lipinski definition) is 1. The highest BCUT2D eigenvalue weighted by atomic mass is 16.2. The molecule has 3 rings (SSSR count). The van der Waals surface area contributed by atoms with Crippen molar-refractivity contribution in [1.82, 2.24) is 24.9 Å². The molecule has 3 fully saturated rings. The standard InChI is InChI=1S/C26H49N5O2/c1-22(2)28(3)14-11-27-25(32)21-29-12-9-24(10-13-29)20-30-15-17-31(18-16-30)26(33)19-23-7-5-4-6-8-23/h22-24H,4-21H2,1-3H3,(H,27,32). The molecule has 190 valence electrons. The van der Waals surface area contributed by atoms with E-state index in [-0.39, 0.29) is 5.91 Å². The van der Waals surface area contributed by atoms with Gasteiger partial charge in [-0.1, -0.05) is 19.3 Å². The molecule has 0 bridgehead atoms. The van der Waals surface area contributed by atoms with Crippen LogP contribution in [0.15, 0.2) is 0 Å². The number of hydrogen-bond acceptors (Lipinski definition) is 5. The van der Waals surface area contributed by atoms with Gasteiger partial charge in [0.15, 0.2) is 0 Å². The van der Waals surface area contributed by atoms with Crippen LogP contribution < -0.4 is 5.32 Å². The molecule has 0 aromatic heterocycles. The van der Waals surface area contributed by atoms with E-state index in [2.05, 4.69) is 45.8 Å². The maximum absolute atomic E-state index is 12.7. The molecule has 0 spiro atoms. The van der Waals surface area contributed by atoms with Crippen LogP contribution in [0.4, 0.5) is 0 Å². The first-order valence-electron chi connectivity index (χ1n) is 13.6. The molecule has 2 aliphatic heterocycles. The Morgan fingerprint density at radius 2 is 1.55 bits per heavy atom. The minimum Gasteiger partial charge on any atom is -0.354 e. The van der Waals surface area contributed by atoms with Crippen molar-refractivity contribution >= 4 is 11.8 Å². The van der Waals surface area contributed by atoms with E-state index < -0.39 is 0 Å². The van der Waals surface area contributed by atoms with Gasteiger partial charge in [-0.15, -0.1) is 0 Å². The maximum Gasteiger partial charge on any atom is 0.234 e. The fourth-order valence-electron chi connectivity index (χ4n) is 5.53. The summed E-state index contributed by atoms with van der Waals surface area (Å²) in [6, 6.07) is 0.506. The van der Waals surface area contributed by atoms with Gasteiger partial charge in [-0.2, -0.15) is 0 Å². The van der Waals surface area contributed by atoms with Crippen molar-refractivity contribution in [1.29, 1.82) is 0 Å². The van der Waals surface area contributed by atoms with Gasteiger partial charge in [-0.25, -0.2) is 0 Å². The third kappa shape index (κ3) is 9.18. The predicted molar refractivity (Wildman–Crippen MR) is 134 cm³/mol. The number of piperidine rings is 1. The van der Waals surface area contributed by atoms with Gasteiger partial charge in [-0.05, 0) is 71.5 Å². The Bertz CT molecular complexity index is 591.